The first-order chi connectivity index (χ1) is 10.8. The van der Waals surface area contributed by atoms with Crippen LogP contribution in [0.25, 0.3) is 0 Å². The Kier molecular flexibility index (Phi) is 5.33. The molecule has 2 aliphatic rings. The predicted octanol–water partition coefficient (Wildman–Crippen LogP) is 1.02. The van der Waals surface area contributed by atoms with Crippen molar-refractivity contribution in [1.82, 2.24) is 20.9 Å². The number of piperidine rings is 1. The number of aromatic nitrogens is 1. The number of rotatable bonds is 5. The lowest BCUT2D eigenvalue weighted by molar-refractivity contribution is -0.122. The fourth-order valence-electron chi connectivity index (χ4n) is 3.33. The molecule has 22 heavy (non-hydrogen) atoms. The number of nitrogens with one attached hydrogen (secondary N) is 3. The number of thioether (sulfide) groups is 1. The third kappa shape index (κ3) is 4.00. The van der Waals surface area contributed by atoms with Crippen molar-refractivity contribution in [1.29, 1.82) is 0 Å². The van der Waals surface area contributed by atoms with Crippen molar-refractivity contribution in [2.75, 3.05) is 31.9 Å². The van der Waals surface area contributed by atoms with Crippen LogP contribution in [0.3, 0.4) is 0 Å². The van der Waals surface area contributed by atoms with Gasteiger partial charge in [0.25, 0.3) is 0 Å². The molecule has 6 heteroatoms. The number of hydrogen-bond acceptors (Lipinski definition) is 5. The normalized spacial score (nSPS) is 23.5. The van der Waals surface area contributed by atoms with Crippen LogP contribution in [0.1, 0.15) is 19.3 Å². The van der Waals surface area contributed by atoms with E-state index in [-0.39, 0.29) is 11.9 Å². The Balaban J connectivity index is 1.37. The maximum atomic E-state index is 12.3. The molecule has 1 aromatic rings. The summed E-state index contributed by atoms with van der Waals surface area (Å²) in [6, 6.07) is 5.87. The van der Waals surface area contributed by atoms with E-state index < -0.39 is 0 Å². The van der Waals surface area contributed by atoms with Gasteiger partial charge < -0.3 is 16.0 Å². The van der Waals surface area contributed by atoms with Crippen LogP contribution < -0.4 is 16.0 Å². The first kappa shape index (κ1) is 15.8. The molecular formula is C16H24N4OS. The Labute approximate surface area is 136 Å². The second-order valence-corrected chi connectivity index (χ2v) is 7.31. The molecule has 0 bridgehead atoms. The summed E-state index contributed by atoms with van der Waals surface area (Å²) in [5, 5.41) is 10.9. The summed E-state index contributed by atoms with van der Waals surface area (Å²) in [5.41, 5.74) is 0.343. The van der Waals surface area contributed by atoms with Crippen molar-refractivity contribution < 1.29 is 4.79 Å². The minimum Gasteiger partial charge on any atom is -0.354 e. The van der Waals surface area contributed by atoms with Gasteiger partial charge in [-0.1, -0.05) is 6.07 Å². The molecule has 1 atom stereocenters. The Hall–Kier alpha value is -1.11. The minimum atomic E-state index is -0.0158. The molecule has 0 unspecified atom stereocenters. The highest BCUT2D eigenvalue weighted by Crippen LogP contribution is 2.37. The third-order valence-electron chi connectivity index (χ3n) is 4.63. The molecule has 2 saturated heterocycles. The molecule has 2 fully saturated rings. The van der Waals surface area contributed by atoms with E-state index in [1.807, 2.05) is 18.2 Å². The summed E-state index contributed by atoms with van der Waals surface area (Å²) in [5.74, 6) is 1.00. The summed E-state index contributed by atoms with van der Waals surface area (Å²) in [7, 11) is 0. The molecule has 120 valence electrons. The number of amides is 1. The summed E-state index contributed by atoms with van der Waals surface area (Å²) in [6.45, 7) is 3.83. The van der Waals surface area contributed by atoms with Crippen molar-refractivity contribution in [3.8, 4) is 0 Å². The summed E-state index contributed by atoms with van der Waals surface area (Å²) in [4.78, 5) is 16.5. The molecule has 2 aliphatic heterocycles. The first-order valence-corrected chi connectivity index (χ1v) is 9.02. The van der Waals surface area contributed by atoms with Crippen LogP contribution in [0, 0.1) is 5.41 Å². The topological polar surface area (TPSA) is 66.0 Å². The van der Waals surface area contributed by atoms with Gasteiger partial charge in [0.05, 0.1) is 11.1 Å². The maximum Gasteiger partial charge on any atom is 0.237 e. The molecule has 0 saturated carbocycles. The Morgan fingerprint density at radius 2 is 2.27 bits per heavy atom. The Morgan fingerprint density at radius 3 is 3.05 bits per heavy atom. The largest absolute Gasteiger partial charge is 0.354 e. The molecule has 1 aromatic heterocycles. The van der Waals surface area contributed by atoms with Crippen molar-refractivity contribution in [3.63, 3.8) is 0 Å². The lowest BCUT2D eigenvalue weighted by Crippen LogP contribution is -2.41. The number of hydrogen-bond donors (Lipinski definition) is 3. The molecule has 0 aliphatic carbocycles. The van der Waals surface area contributed by atoms with Gasteiger partial charge in [-0.2, -0.15) is 0 Å². The van der Waals surface area contributed by atoms with E-state index in [0.29, 0.717) is 12.0 Å². The molecule has 3 rings (SSSR count). The number of carbonyl (C=O) groups excluding carboxylic acids is 1. The molecule has 0 aromatic carbocycles. The zero-order valence-corrected chi connectivity index (χ0v) is 13.6. The SMILES string of the molecule is O=C(NCCSc1ccccn1)[C@@H]1CC2(CCNCC2)CN1. The molecule has 1 amide bonds. The lowest BCUT2D eigenvalue weighted by atomic mass is 9.77. The molecular weight excluding hydrogens is 296 g/mol. The molecule has 1 spiro atoms. The van der Waals surface area contributed by atoms with Crippen molar-refractivity contribution >= 4 is 17.7 Å². The minimum absolute atomic E-state index is 0.0158. The highest BCUT2D eigenvalue weighted by Gasteiger charge is 2.41. The maximum absolute atomic E-state index is 12.3. The quantitative estimate of drug-likeness (QED) is 0.558. The van der Waals surface area contributed by atoms with Crippen LogP contribution in [0.4, 0.5) is 0 Å². The van der Waals surface area contributed by atoms with Gasteiger partial charge in [0.15, 0.2) is 0 Å². The van der Waals surface area contributed by atoms with Crippen molar-refractivity contribution in [2.24, 2.45) is 5.41 Å². The summed E-state index contributed by atoms with van der Waals surface area (Å²) < 4.78 is 0. The van der Waals surface area contributed by atoms with Gasteiger partial charge in [-0.3, -0.25) is 4.79 Å². The number of pyridine rings is 1. The first-order valence-electron chi connectivity index (χ1n) is 8.03. The van der Waals surface area contributed by atoms with Crippen molar-refractivity contribution in [3.05, 3.63) is 24.4 Å². The monoisotopic (exact) mass is 320 g/mol. The third-order valence-corrected chi connectivity index (χ3v) is 5.58. The van der Waals surface area contributed by atoms with Gasteiger partial charge >= 0.3 is 0 Å². The number of carbonyl (C=O) groups is 1. The molecule has 5 nitrogen and oxygen atoms in total. The van der Waals surface area contributed by atoms with E-state index in [1.165, 1.54) is 12.8 Å². The predicted molar refractivity (Wildman–Crippen MR) is 88.9 cm³/mol. The highest BCUT2D eigenvalue weighted by molar-refractivity contribution is 7.99. The lowest BCUT2D eigenvalue weighted by Gasteiger charge is -2.33. The summed E-state index contributed by atoms with van der Waals surface area (Å²) >= 11 is 1.67. The van der Waals surface area contributed by atoms with Crippen LogP contribution >= 0.6 is 11.8 Å². The van der Waals surface area contributed by atoms with Crippen molar-refractivity contribution in [2.45, 2.75) is 30.3 Å². The number of nitrogens with zero attached hydrogens (tertiary/aromatic N) is 1. The van der Waals surface area contributed by atoms with Gasteiger partial charge in [-0.15, -0.1) is 11.8 Å². The van der Waals surface area contributed by atoms with Gasteiger partial charge in [-0.25, -0.2) is 4.98 Å². The Morgan fingerprint density at radius 1 is 1.41 bits per heavy atom. The van der Waals surface area contributed by atoms with Crippen LogP contribution in [-0.2, 0) is 4.79 Å². The van der Waals surface area contributed by atoms with E-state index in [1.54, 1.807) is 18.0 Å². The molecule has 0 radical (unpaired) electrons. The van der Waals surface area contributed by atoms with Crippen LogP contribution in [0.2, 0.25) is 0 Å². The van der Waals surface area contributed by atoms with E-state index in [9.17, 15) is 4.79 Å². The molecule has 3 heterocycles. The average Bonchev–Trinajstić information content (AvgIpc) is 2.97. The smallest absolute Gasteiger partial charge is 0.237 e. The van der Waals surface area contributed by atoms with Gasteiger partial charge in [0.1, 0.15) is 0 Å². The highest BCUT2D eigenvalue weighted by atomic mass is 32.2. The van der Waals surface area contributed by atoms with Gasteiger partial charge in [0, 0.05) is 25.0 Å². The fourth-order valence-corrected chi connectivity index (χ4v) is 4.05. The second-order valence-electron chi connectivity index (χ2n) is 6.20. The van der Waals surface area contributed by atoms with E-state index >= 15 is 0 Å². The summed E-state index contributed by atoms with van der Waals surface area (Å²) in [6.07, 6.45) is 5.13. The zero-order valence-electron chi connectivity index (χ0n) is 12.8. The zero-order chi connectivity index (χ0) is 15.3. The van der Waals surface area contributed by atoms with Gasteiger partial charge in [0.2, 0.25) is 5.91 Å². The van der Waals surface area contributed by atoms with Crippen LogP contribution in [0.5, 0.6) is 0 Å². The van der Waals surface area contributed by atoms with Crippen LogP contribution in [0.15, 0.2) is 29.4 Å². The molecule has 3 N–H and O–H groups in total. The van der Waals surface area contributed by atoms with Crippen LogP contribution in [-0.4, -0.2) is 48.9 Å². The standard InChI is InChI=1S/C16H24N4OS/c21-15(19-9-10-22-14-3-1-2-6-18-14)13-11-16(12-20-13)4-7-17-8-5-16/h1-3,6,13,17,20H,4-5,7-12H2,(H,19,21)/t13-/m0/s1. The fraction of sp³-hybridized carbons (Fsp3) is 0.625. The Bertz CT molecular complexity index is 490. The van der Waals surface area contributed by atoms with E-state index in [4.69, 9.17) is 0 Å². The second kappa shape index (κ2) is 7.44. The van der Waals surface area contributed by atoms with Gasteiger partial charge in [-0.05, 0) is 49.9 Å². The average molecular weight is 320 g/mol. The van der Waals surface area contributed by atoms with E-state index in [0.717, 1.165) is 36.8 Å². The van der Waals surface area contributed by atoms with E-state index in [2.05, 4.69) is 20.9 Å².